The lowest BCUT2D eigenvalue weighted by Gasteiger charge is -2.27. The zero-order valence-electron chi connectivity index (χ0n) is 14.7. The molecule has 0 bridgehead atoms. The zero-order valence-corrected chi connectivity index (χ0v) is 16.9. The Balaban J connectivity index is 0.000000235. The number of unbranched alkanes of at least 4 members (excludes halogenated alkanes) is 2. The fraction of sp³-hybridized carbons (Fsp3) is 0.882. The van der Waals surface area contributed by atoms with Gasteiger partial charge in [0, 0.05) is 13.2 Å². The van der Waals surface area contributed by atoms with Crippen LogP contribution in [0.25, 0.3) is 0 Å². The zero-order chi connectivity index (χ0) is 15.6. The first kappa shape index (κ1) is 19.1. The summed E-state index contributed by atoms with van der Waals surface area (Å²) in [6.07, 6.45) is 11.7. The molecule has 0 aromatic carbocycles. The van der Waals surface area contributed by atoms with Crippen LogP contribution >= 0.6 is 0 Å². The maximum absolute atomic E-state index is 5.84. The Kier molecular flexibility index (Phi) is 9.81. The summed E-state index contributed by atoms with van der Waals surface area (Å²) in [4.78, 5) is 0. The lowest BCUT2D eigenvalue weighted by Crippen LogP contribution is -2.33. The minimum atomic E-state index is -1.09. The largest absolute Gasteiger partial charge is 0.417 e. The van der Waals surface area contributed by atoms with Crippen molar-refractivity contribution in [2.75, 3.05) is 13.2 Å². The highest BCUT2D eigenvalue weighted by Crippen LogP contribution is 2.20. The minimum absolute atomic E-state index is 0.902. The molecule has 1 unspecified atom stereocenters. The van der Waals surface area contributed by atoms with Crippen molar-refractivity contribution in [3.63, 3.8) is 0 Å². The molecule has 2 nitrogen and oxygen atoms in total. The molecule has 0 aliphatic carbocycles. The van der Waals surface area contributed by atoms with Gasteiger partial charge < -0.3 is 8.85 Å². The molecule has 2 saturated heterocycles. The van der Waals surface area contributed by atoms with Gasteiger partial charge in [0.1, 0.15) is 0 Å². The van der Waals surface area contributed by atoms with Crippen molar-refractivity contribution in [1.82, 2.24) is 0 Å². The van der Waals surface area contributed by atoms with Crippen molar-refractivity contribution in [3.8, 4) is 0 Å². The van der Waals surface area contributed by atoms with Gasteiger partial charge in [-0.15, -0.1) is 0 Å². The molecular weight excluding hydrogens is 292 g/mol. The minimum Gasteiger partial charge on any atom is -0.417 e. The highest BCUT2D eigenvalue weighted by molar-refractivity contribution is 6.71. The van der Waals surface area contributed by atoms with Crippen molar-refractivity contribution in [3.05, 3.63) is 11.3 Å². The van der Waals surface area contributed by atoms with Gasteiger partial charge in [-0.2, -0.15) is 0 Å². The average molecular weight is 329 g/mol. The first-order valence-corrected chi connectivity index (χ1v) is 14.0. The van der Waals surface area contributed by atoms with E-state index in [9.17, 15) is 0 Å². The van der Waals surface area contributed by atoms with E-state index < -0.39 is 17.4 Å². The molecule has 2 heterocycles. The maximum Gasteiger partial charge on any atom is 0.203 e. The van der Waals surface area contributed by atoms with E-state index in [1.165, 1.54) is 57.0 Å². The molecule has 0 radical (unpaired) electrons. The quantitative estimate of drug-likeness (QED) is 0.522. The number of rotatable bonds is 4. The van der Waals surface area contributed by atoms with E-state index >= 15 is 0 Å². The van der Waals surface area contributed by atoms with E-state index in [1.54, 1.807) is 5.20 Å². The van der Waals surface area contributed by atoms with E-state index in [0.29, 0.717) is 0 Å². The SMILES string of the molecule is CCCCC=C(C)[SiH]1CCCCO1.C[Si]1(C)CCCCO1. The molecule has 0 spiro atoms. The molecule has 2 aliphatic rings. The summed E-state index contributed by atoms with van der Waals surface area (Å²) in [6, 6.07) is 2.74. The van der Waals surface area contributed by atoms with Gasteiger partial charge in [0.15, 0.2) is 8.32 Å². The van der Waals surface area contributed by atoms with Crippen LogP contribution in [0, 0.1) is 0 Å². The van der Waals surface area contributed by atoms with E-state index in [-0.39, 0.29) is 0 Å². The van der Waals surface area contributed by atoms with Gasteiger partial charge in [0.2, 0.25) is 9.04 Å². The van der Waals surface area contributed by atoms with Crippen molar-refractivity contribution in [2.45, 2.75) is 84.0 Å². The summed E-state index contributed by atoms with van der Waals surface area (Å²) in [5, 5.41) is 1.59. The topological polar surface area (TPSA) is 18.5 Å². The predicted octanol–water partition coefficient (Wildman–Crippen LogP) is 5.20. The summed E-state index contributed by atoms with van der Waals surface area (Å²) >= 11 is 0. The normalized spacial score (nSPS) is 25.9. The van der Waals surface area contributed by atoms with Gasteiger partial charge in [0.25, 0.3) is 0 Å². The first-order valence-electron chi connectivity index (χ1n) is 8.97. The molecule has 4 heteroatoms. The van der Waals surface area contributed by atoms with Crippen molar-refractivity contribution in [2.24, 2.45) is 0 Å². The van der Waals surface area contributed by atoms with E-state index in [2.05, 4.69) is 33.0 Å². The second-order valence-electron chi connectivity index (χ2n) is 7.01. The maximum atomic E-state index is 5.84. The third-order valence-electron chi connectivity index (χ3n) is 4.38. The molecule has 2 rings (SSSR count). The molecular formula is C17H36O2Si2. The summed E-state index contributed by atoms with van der Waals surface area (Å²) in [7, 11) is -1.99. The van der Waals surface area contributed by atoms with Crippen LogP contribution < -0.4 is 0 Å². The van der Waals surface area contributed by atoms with Crippen LogP contribution in [0.5, 0.6) is 0 Å². The van der Waals surface area contributed by atoms with Crippen LogP contribution in [0.15, 0.2) is 11.3 Å². The van der Waals surface area contributed by atoms with Gasteiger partial charge in [-0.25, -0.2) is 0 Å². The summed E-state index contributed by atoms with van der Waals surface area (Å²) in [5.74, 6) is 0. The van der Waals surface area contributed by atoms with Gasteiger partial charge >= 0.3 is 0 Å². The Labute approximate surface area is 135 Å². The average Bonchev–Trinajstić information content (AvgIpc) is 2.49. The van der Waals surface area contributed by atoms with Crippen LogP contribution in [-0.4, -0.2) is 30.6 Å². The highest BCUT2D eigenvalue weighted by atomic mass is 28.4. The van der Waals surface area contributed by atoms with Crippen LogP contribution in [0.3, 0.4) is 0 Å². The molecule has 0 aromatic heterocycles. The third kappa shape index (κ3) is 8.96. The van der Waals surface area contributed by atoms with Gasteiger partial charge in [-0.3, -0.25) is 0 Å². The summed E-state index contributed by atoms with van der Waals surface area (Å²) in [5.41, 5.74) is 0. The monoisotopic (exact) mass is 328 g/mol. The summed E-state index contributed by atoms with van der Waals surface area (Å²) < 4.78 is 11.4. The molecule has 124 valence electrons. The highest BCUT2D eigenvalue weighted by Gasteiger charge is 2.24. The van der Waals surface area contributed by atoms with Crippen molar-refractivity contribution in [1.29, 1.82) is 0 Å². The lowest BCUT2D eigenvalue weighted by molar-refractivity contribution is 0.275. The molecule has 0 aromatic rings. The molecule has 0 N–H and O–H groups in total. The smallest absolute Gasteiger partial charge is 0.203 e. The molecule has 2 aliphatic heterocycles. The number of allylic oxidation sites excluding steroid dienone is 2. The van der Waals surface area contributed by atoms with E-state index in [1.807, 2.05) is 0 Å². The fourth-order valence-electron chi connectivity index (χ4n) is 2.84. The Hall–Kier alpha value is 0.0938. The number of hydrogen-bond acceptors (Lipinski definition) is 2. The Morgan fingerprint density at radius 3 is 2.38 bits per heavy atom. The number of hydrogen-bond donors (Lipinski definition) is 0. The second kappa shape index (κ2) is 10.8. The molecule has 1 atom stereocenters. The van der Waals surface area contributed by atoms with Crippen molar-refractivity contribution < 1.29 is 8.85 Å². The Morgan fingerprint density at radius 1 is 1.14 bits per heavy atom. The molecule has 21 heavy (non-hydrogen) atoms. The van der Waals surface area contributed by atoms with Gasteiger partial charge in [-0.1, -0.05) is 43.9 Å². The molecule has 2 fully saturated rings. The standard InChI is InChI=1S/C11H22OSi.C6H14OSi/c1-3-4-5-8-11(2)13-10-7-6-9-12-13;1-8(2)6-4-3-5-7-8/h8,13H,3-7,9-10H2,1-2H3;3-6H2,1-2H3. The summed E-state index contributed by atoms with van der Waals surface area (Å²) in [6.45, 7) is 11.2. The predicted molar refractivity (Wildman–Crippen MR) is 97.9 cm³/mol. The van der Waals surface area contributed by atoms with Gasteiger partial charge in [-0.05, 0) is 51.4 Å². The Morgan fingerprint density at radius 2 is 1.90 bits per heavy atom. The third-order valence-corrected chi connectivity index (χ3v) is 9.74. The van der Waals surface area contributed by atoms with Crippen LogP contribution in [0.1, 0.15) is 58.8 Å². The van der Waals surface area contributed by atoms with E-state index in [4.69, 9.17) is 8.85 Å². The Bertz CT molecular complexity index is 289. The van der Waals surface area contributed by atoms with Crippen LogP contribution in [0.2, 0.25) is 25.2 Å². The fourth-order valence-corrected chi connectivity index (χ4v) is 7.21. The first-order chi connectivity index (χ1) is 10.0. The van der Waals surface area contributed by atoms with Crippen LogP contribution in [0.4, 0.5) is 0 Å². The van der Waals surface area contributed by atoms with E-state index in [0.717, 1.165) is 13.2 Å². The van der Waals surface area contributed by atoms with Gasteiger partial charge in [0.05, 0.1) is 0 Å². The molecule has 0 saturated carbocycles. The van der Waals surface area contributed by atoms with Crippen molar-refractivity contribution >= 4 is 17.4 Å². The molecule has 0 amide bonds. The lowest BCUT2D eigenvalue weighted by atomic mass is 10.2. The second-order valence-corrected chi connectivity index (χ2v) is 14.1. The van der Waals surface area contributed by atoms with Crippen LogP contribution in [-0.2, 0) is 8.85 Å².